The largest absolute Gasteiger partial charge is 0.310 e. The number of anilines is 3. The fourth-order valence-corrected chi connectivity index (χ4v) is 13.5. The number of pyridine rings is 2. The predicted molar refractivity (Wildman–Crippen MR) is 284 cm³/mol. The average Bonchev–Trinajstić information content (AvgIpc) is 4.12. The van der Waals surface area contributed by atoms with E-state index in [4.69, 9.17) is 9.97 Å². The highest BCUT2D eigenvalue weighted by molar-refractivity contribution is 6.10. The number of hydrogen-bond acceptors (Lipinski definition) is 3. The Labute approximate surface area is 405 Å². The van der Waals surface area contributed by atoms with E-state index in [2.05, 4.69) is 246 Å². The molecule has 9 aromatic carbocycles. The Morgan fingerprint density at radius 2 is 0.886 bits per heavy atom. The summed E-state index contributed by atoms with van der Waals surface area (Å²) in [6, 6.07) is 85.7. The van der Waals surface area contributed by atoms with Gasteiger partial charge < -0.3 is 9.47 Å². The van der Waals surface area contributed by atoms with Crippen molar-refractivity contribution in [2.75, 3.05) is 4.90 Å². The molecular weight excluding hydrogens is 849 g/mol. The second-order valence-electron chi connectivity index (χ2n) is 19.2. The van der Waals surface area contributed by atoms with Gasteiger partial charge in [0.25, 0.3) is 0 Å². The minimum absolute atomic E-state index is 0.511. The van der Waals surface area contributed by atoms with E-state index in [1.54, 1.807) is 0 Å². The molecule has 0 radical (unpaired) electrons. The van der Waals surface area contributed by atoms with E-state index in [-0.39, 0.29) is 0 Å². The molecule has 0 N–H and O–H groups in total. The van der Waals surface area contributed by atoms with Crippen LogP contribution in [0.2, 0.25) is 0 Å². The zero-order chi connectivity index (χ0) is 45.7. The zero-order valence-corrected chi connectivity index (χ0v) is 37.9. The van der Waals surface area contributed by atoms with Crippen LogP contribution in [0.15, 0.2) is 243 Å². The van der Waals surface area contributed by atoms with Gasteiger partial charge in [-0.3, -0.25) is 9.97 Å². The fraction of sp³-hybridized carbons (Fsp3) is 0.0303. The van der Waals surface area contributed by atoms with Crippen LogP contribution in [0.4, 0.5) is 17.1 Å². The first-order valence-corrected chi connectivity index (χ1v) is 24.2. The van der Waals surface area contributed by atoms with Crippen LogP contribution in [0.25, 0.3) is 72.3 Å². The molecule has 4 heterocycles. The summed E-state index contributed by atoms with van der Waals surface area (Å²) in [7, 11) is 0. The van der Waals surface area contributed by atoms with Crippen molar-refractivity contribution in [1.29, 1.82) is 0 Å². The smallest absolute Gasteiger partial charge is 0.0937 e. The Morgan fingerprint density at radius 3 is 1.63 bits per heavy atom. The van der Waals surface area contributed by atoms with E-state index in [0.717, 1.165) is 61.9 Å². The van der Waals surface area contributed by atoms with Gasteiger partial charge in [-0.2, -0.15) is 0 Å². The molecular formula is C66H40N4. The molecule has 3 aliphatic carbocycles. The Bertz CT molecular complexity index is 4160. The first kappa shape index (κ1) is 37.9. The van der Waals surface area contributed by atoms with Gasteiger partial charge in [0, 0.05) is 45.7 Å². The molecule has 4 aliphatic rings. The lowest BCUT2D eigenvalue weighted by Gasteiger charge is -2.45. The summed E-state index contributed by atoms with van der Waals surface area (Å²) >= 11 is 0. The third-order valence-corrected chi connectivity index (χ3v) is 16.1. The number of nitrogens with zero attached hydrogens (tertiary/aromatic N) is 4. The average molecular weight is 889 g/mol. The third kappa shape index (κ3) is 4.61. The minimum atomic E-state index is -0.770. The molecule has 1 aliphatic heterocycles. The Morgan fingerprint density at radius 1 is 0.314 bits per heavy atom. The molecule has 0 amide bonds. The molecule has 0 fully saturated rings. The van der Waals surface area contributed by atoms with Gasteiger partial charge in [0.05, 0.1) is 44.6 Å². The maximum atomic E-state index is 5.49. The number of aromatic nitrogens is 3. The van der Waals surface area contributed by atoms with Crippen molar-refractivity contribution in [2.45, 2.75) is 10.8 Å². The zero-order valence-electron chi connectivity index (χ0n) is 37.9. The lowest BCUT2D eigenvalue weighted by atomic mass is 9.63. The summed E-state index contributed by atoms with van der Waals surface area (Å²) in [5, 5.41) is 2.46. The molecule has 1 atom stereocenters. The molecule has 2 spiro atoms. The summed E-state index contributed by atoms with van der Waals surface area (Å²) in [5.74, 6) is 0. The molecule has 0 bridgehead atoms. The van der Waals surface area contributed by atoms with Crippen molar-refractivity contribution in [3.05, 3.63) is 287 Å². The second-order valence-corrected chi connectivity index (χ2v) is 19.2. The number of hydrogen-bond donors (Lipinski definition) is 0. The summed E-state index contributed by atoms with van der Waals surface area (Å²) in [5.41, 5.74) is 24.7. The maximum absolute atomic E-state index is 5.49. The standard InChI is InChI=1S/C66H40N4/c1-3-18-43(19-4-1)69-59-31-15-10-25-48(59)49-34-33-41(37-61(49)69)42-36-58-64(68-40-42)63-55(30-17-35-67-63)66(58)54-29-14-16-32-60(54)70(44-20-5-2-6-21-44)62-39-56-50(38-57(62)66)47-24-9-13-28-53(47)65(56)51-26-11-7-22-45(51)46-23-8-12-27-52(46)65/h1-40H. The molecule has 0 saturated carbocycles. The number of fused-ring (bicyclic) bond motifs is 22. The van der Waals surface area contributed by atoms with Crippen molar-refractivity contribution in [1.82, 2.24) is 14.5 Å². The van der Waals surface area contributed by atoms with Gasteiger partial charge >= 0.3 is 0 Å². The van der Waals surface area contributed by atoms with Gasteiger partial charge in [0.2, 0.25) is 0 Å². The van der Waals surface area contributed by atoms with Crippen molar-refractivity contribution in [3.8, 4) is 50.5 Å². The van der Waals surface area contributed by atoms with E-state index in [1.165, 1.54) is 71.9 Å². The lowest BCUT2D eigenvalue weighted by Crippen LogP contribution is -2.37. The first-order valence-electron chi connectivity index (χ1n) is 24.2. The van der Waals surface area contributed by atoms with Gasteiger partial charge in [0.1, 0.15) is 0 Å². The highest BCUT2D eigenvalue weighted by Crippen LogP contribution is 2.68. The van der Waals surface area contributed by atoms with Crippen LogP contribution in [-0.4, -0.2) is 14.5 Å². The fourth-order valence-electron chi connectivity index (χ4n) is 13.5. The van der Waals surface area contributed by atoms with Crippen LogP contribution in [0, 0.1) is 0 Å². The van der Waals surface area contributed by atoms with E-state index in [9.17, 15) is 0 Å². The number of rotatable bonds is 3. The molecule has 0 saturated heterocycles. The van der Waals surface area contributed by atoms with Crippen LogP contribution in [-0.2, 0) is 10.8 Å². The molecule has 1 unspecified atom stereocenters. The van der Waals surface area contributed by atoms with Crippen molar-refractivity contribution >= 4 is 38.9 Å². The Hall–Kier alpha value is -9.12. The molecule has 324 valence electrons. The van der Waals surface area contributed by atoms with E-state index in [0.29, 0.717) is 0 Å². The molecule has 4 nitrogen and oxygen atoms in total. The van der Waals surface area contributed by atoms with Crippen molar-refractivity contribution in [3.63, 3.8) is 0 Å². The van der Waals surface area contributed by atoms with Gasteiger partial charge in [-0.25, -0.2) is 0 Å². The Kier molecular flexibility index (Phi) is 7.45. The van der Waals surface area contributed by atoms with Gasteiger partial charge in [0.15, 0.2) is 0 Å². The first-order chi connectivity index (χ1) is 34.7. The summed E-state index contributed by atoms with van der Waals surface area (Å²) in [4.78, 5) is 13.2. The molecule has 12 aromatic rings. The monoisotopic (exact) mass is 888 g/mol. The van der Waals surface area contributed by atoms with Crippen LogP contribution < -0.4 is 4.90 Å². The summed E-state index contributed by atoms with van der Waals surface area (Å²) in [6.45, 7) is 0. The predicted octanol–water partition coefficient (Wildman–Crippen LogP) is 15.7. The number of para-hydroxylation sites is 4. The summed E-state index contributed by atoms with van der Waals surface area (Å²) in [6.07, 6.45) is 3.99. The molecule has 4 heteroatoms. The second kappa shape index (κ2) is 13.7. The number of benzene rings is 9. The molecule has 3 aromatic heterocycles. The Balaban J connectivity index is 1.02. The normalized spacial score (nSPS) is 15.9. The van der Waals surface area contributed by atoms with Gasteiger partial charge in [-0.1, -0.05) is 164 Å². The molecule has 16 rings (SSSR count). The van der Waals surface area contributed by atoms with Crippen LogP contribution in [0.3, 0.4) is 0 Å². The highest BCUT2D eigenvalue weighted by atomic mass is 15.2. The minimum Gasteiger partial charge on any atom is -0.310 e. The van der Waals surface area contributed by atoms with Crippen LogP contribution in [0.1, 0.15) is 44.5 Å². The van der Waals surface area contributed by atoms with E-state index >= 15 is 0 Å². The van der Waals surface area contributed by atoms with Crippen molar-refractivity contribution in [2.24, 2.45) is 0 Å². The highest BCUT2D eigenvalue weighted by Gasteiger charge is 2.57. The quantitative estimate of drug-likeness (QED) is 0.177. The van der Waals surface area contributed by atoms with Gasteiger partial charge in [-0.15, -0.1) is 0 Å². The maximum Gasteiger partial charge on any atom is 0.0937 e. The van der Waals surface area contributed by atoms with Crippen molar-refractivity contribution < 1.29 is 0 Å². The topological polar surface area (TPSA) is 34.0 Å². The summed E-state index contributed by atoms with van der Waals surface area (Å²) < 4.78 is 2.40. The third-order valence-electron chi connectivity index (χ3n) is 16.1. The SMILES string of the molecule is c1ccc(N2c3ccccc3C3(c4cc5c(cc42)C2(c4ccccc4-c4ccccc42)c2ccccc2-5)c2cccnc2-c2ncc(-c4ccc5c6ccccc6n(-c6ccccc6)c5c4)cc23)cc1. The van der Waals surface area contributed by atoms with Gasteiger partial charge in [-0.05, 0) is 133 Å². The van der Waals surface area contributed by atoms with Crippen LogP contribution in [0.5, 0.6) is 0 Å². The van der Waals surface area contributed by atoms with E-state index < -0.39 is 10.8 Å². The molecule has 70 heavy (non-hydrogen) atoms. The lowest BCUT2D eigenvalue weighted by molar-refractivity contribution is 0.744. The van der Waals surface area contributed by atoms with Crippen LogP contribution >= 0.6 is 0 Å². The van der Waals surface area contributed by atoms with E-state index in [1.807, 2.05) is 6.20 Å².